The summed E-state index contributed by atoms with van der Waals surface area (Å²) in [6, 6.07) is 6.07. The van der Waals surface area contributed by atoms with Gasteiger partial charge in [-0.1, -0.05) is 33.3 Å². The summed E-state index contributed by atoms with van der Waals surface area (Å²) < 4.78 is 2.83. The van der Waals surface area contributed by atoms with Crippen molar-refractivity contribution >= 4 is 31.9 Å². The maximum Gasteiger partial charge on any atom is 0.0965 e. The van der Waals surface area contributed by atoms with E-state index in [1.54, 1.807) is 4.68 Å². The molecule has 1 heterocycles. The number of halogens is 2. The molecule has 84 valence electrons. The third-order valence-electron chi connectivity index (χ3n) is 2.34. The number of aromatic nitrogens is 3. The summed E-state index contributed by atoms with van der Waals surface area (Å²) in [7, 11) is 0. The van der Waals surface area contributed by atoms with E-state index in [0.29, 0.717) is 0 Å². The molecule has 16 heavy (non-hydrogen) atoms. The molecule has 5 heteroatoms. The van der Waals surface area contributed by atoms with E-state index in [2.05, 4.69) is 55.2 Å². The van der Waals surface area contributed by atoms with Crippen LogP contribution in [-0.2, 0) is 0 Å². The summed E-state index contributed by atoms with van der Waals surface area (Å²) in [6.07, 6.45) is 1.93. The fourth-order valence-corrected chi connectivity index (χ4v) is 2.04. The Kier molecular flexibility index (Phi) is 3.44. The maximum atomic E-state index is 4.12. The molecular formula is C11H11Br2N3. The van der Waals surface area contributed by atoms with Gasteiger partial charge >= 0.3 is 0 Å². The molecule has 1 unspecified atom stereocenters. The molecule has 0 saturated heterocycles. The van der Waals surface area contributed by atoms with Crippen LogP contribution in [0.15, 0.2) is 28.9 Å². The van der Waals surface area contributed by atoms with Crippen LogP contribution in [0.1, 0.15) is 23.0 Å². The van der Waals surface area contributed by atoms with E-state index in [-0.39, 0.29) is 4.83 Å². The molecule has 0 aliphatic carbocycles. The topological polar surface area (TPSA) is 30.7 Å². The van der Waals surface area contributed by atoms with Crippen molar-refractivity contribution in [2.75, 3.05) is 0 Å². The minimum Gasteiger partial charge on any atom is -0.219 e. The second kappa shape index (κ2) is 4.67. The minimum absolute atomic E-state index is 0.213. The molecule has 0 saturated carbocycles. The molecule has 1 atom stereocenters. The molecule has 0 aliphatic rings. The number of nitrogens with zero attached hydrogens (tertiary/aromatic N) is 3. The molecule has 0 fully saturated rings. The van der Waals surface area contributed by atoms with Crippen molar-refractivity contribution in [1.29, 1.82) is 0 Å². The van der Waals surface area contributed by atoms with Gasteiger partial charge in [-0.25, -0.2) is 4.68 Å². The lowest BCUT2D eigenvalue weighted by atomic mass is 10.2. The van der Waals surface area contributed by atoms with Gasteiger partial charge < -0.3 is 0 Å². The number of hydrogen-bond donors (Lipinski definition) is 0. The number of alkyl halides is 1. The first-order valence-corrected chi connectivity index (χ1v) is 6.62. The van der Waals surface area contributed by atoms with Gasteiger partial charge in [0.05, 0.1) is 22.4 Å². The highest BCUT2D eigenvalue weighted by molar-refractivity contribution is 9.10. The van der Waals surface area contributed by atoms with Crippen molar-refractivity contribution in [2.24, 2.45) is 0 Å². The number of aryl methyl sites for hydroxylation is 1. The highest BCUT2D eigenvalue weighted by Crippen LogP contribution is 2.25. The zero-order chi connectivity index (χ0) is 11.7. The van der Waals surface area contributed by atoms with Gasteiger partial charge in [-0.15, -0.1) is 5.10 Å². The molecule has 1 aromatic heterocycles. The van der Waals surface area contributed by atoms with Gasteiger partial charge in [-0.3, -0.25) is 0 Å². The van der Waals surface area contributed by atoms with Crippen molar-refractivity contribution in [3.63, 3.8) is 0 Å². The Morgan fingerprint density at radius 1 is 1.38 bits per heavy atom. The lowest BCUT2D eigenvalue weighted by molar-refractivity contribution is 0.794. The van der Waals surface area contributed by atoms with Gasteiger partial charge in [0.25, 0.3) is 0 Å². The quantitative estimate of drug-likeness (QED) is 0.776. The molecule has 1 aromatic carbocycles. The molecular weight excluding hydrogens is 334 g/mol. The smallest absolute Gasteiger partial charge is 0.0965 e. The van der Waals surface area contributed by atoms with Gasteiger partial charge in [0, 0.05) is 4.47 Å². The summed E-state index contributed by atoms with van der Waals surface area (Å²) in [5, 5.41) is 8.22. The first-order valence-electron chi connectivity index (χ1n) is 4.91. The molecule has 0 N–H and O–H groups in total. The van der Waals surface area contributed by atoms with E-state index in [0.717, 1.165) is 15.9 Å². The molecule has 0 aliphatic heterocycles. The van der Waals surface area contributed by atoms with Crippen molar-refractivity contribution in [1.82, 2.24) is 15.0 Å². The molecule has 0 bridgehead atoms. The Labute approximate surface area is 111 Å². The predicted molar refractivity (Wildman–Crippen MR) is 71.1 cm³/mol. The number of rotatable bonds is 2. The zero-order valence-corrected chi connectivity index (χ0v) is 12.2. The Bertz CT molecular complexity index is 506. The third kappa shape index (κ3) is 2.20. The standard InChI is InChI=1S/C11H11Br2N3/c1-7-4-3-5-10(11(7)13)16-6-9(8(2)12)14-15-16/h3-6,8H,1-2H3. The van der Waals surface area contributed by atoms with Gasteiger partial charge in [0.2, 0.25) is 0 Å². The highest BCUT2D eigenvalue weighted by Gasteiger charge is 2.10. The largest absolute Gasteiger partial charge is 0.219 e. The van der Waals surface area contributed by atoms with Crippen LogP contribution >= 0.6 is 31.9 Å². The Hall–Kier alpha value is -0.680. The van der Waals surface area contributed by atoms with E-state index in [4.69, 9.17) is 0 Å². The first kappa shape index (κ1) is 11.8. The summed E-state index contributed by atoms with van der Waals surface area (Å²) in [6.45, 7) is 4.08. The lowest BCUT2D eigenvalue weighted by Crippen LogP contribution is -1.97. The monoisotopic (exact) mass is 343 g/mol. The normalized spacial score (nSPS) is 12.8. The Morgan fingerprint density at radius 3 is 2.75 bits per heavy atom. The lowest BCUT2D eigenvalue weighted by Gasteiger charge is -2.05. The maximum absolute atomic E-state index is 4.12. The highest BCUT2D eigenvalue weighted by atomic mass is 79.9. The van der Waals surface area contributed by atoms with Crippen LogP contribution < -0.4 is 0 Å². The van der Waals surface area contributed by atoms with E-state index < -0.39 is 0 Å². The van der Waals surface area contributed by atoms with Gasteiger partial charge in [-0.2, -0.15) is 0 Å². The summed E-state index contributed by atoms with van der Waals surface area (Å²) in [4.78, 5) is 0.213. The molecule has 3 nitrogen and oxygen atoms in total. The van der Waals surface area contributed by atoms with Crippen LogP contribution in [0.2, 0.25) is 0 Å². The van der Waals surface area contributed by atoms with Crippen LogP contribution in [0, 0.1) is 6.92 Å². The van der Waals surface area contributed by atoms with Crippen molar-refractivity contribution in [3.8, 4) is 5.69 Å². The number of hydrogen-bond acceptors (Lipinski definition) is 2. The van der Waals surface area contributed by atoms with Crippen LogP contribution in [0.4, 0.5) is 0 Å². The fraction of sp³-hybridized carbons (Fsp3) is 0.273. The van der Waals surface area contributed by atoms with E-state index in [1.807, 2.05) is 25.3 Å². The minimum atomic E-state index is 0.213. The predicted octanol–water partition coefficient (Wildman–Crippen LogP) is 3.79. The summed E-state index contributed by atoms with van der Waals surface area (Å²) in [5.41, 5.74) is 3.11. The molecule has 2 rings (SSSR count). The van der Waals surface area contributed by atoms with Crippen LogP contribution in [0.25, 0.3) is 5.69 Å². The van der Waals surface area contributed by atoms with Gasteiger partial charge in [0.15, 0.2) is 0 Å². The van der Waals surface area contributed by atoms with Gasteiger partial charge in [0.1, 0.15) is 0 Å². The van der Waals surface area contributed by atoms with Crippen molar-refractivity contribution in [3.05, 3.63) is 40.1 Å². The molecule has 0 spiro atoms. The van der Waals surface area contributed by atoms with Crippen molar-refractivity contribution < 1.29 is 0 Å². The SMILES string of the molecule is Cc1cccc(-n2cc(C(C)Br)nn2)c1Br. The molecule has 0 amide bonds. The fourth-order valence-electron chi connectivity index (χ4n) is 1.39. The van der Waals surface area contributed by atoms with Crippen LogP contribution in [-0.4, -0.2) is 15.0 Å². The Morgan fingerprint density at radius 2 is 2.12 bits per heavy atom. The number of benzene rings is 1. The zero-order valence-electron chi connectivity index (χ0n) is 8.98. The second-order valence-corrected chi connectivity index (χ2v) is 5.78. The molecule has 0 radical (unpaired) electrons. The Balaban J connectivity index is 2.47. The summed E-state index contributed by atoms with van der Waals surface area (Å²) >= 11 is 7.04. The average molecular weight is 345 g/mol. The second-order valence-electron chi connectivity index (χ2n) is 3.61. The van der Waals surface area contributed by atoms with E-state index in [9.17, 15) is 0 Å². The molecule has 2 aromatic rings. The third-order valence-corrected chi connectivity index (χ3v) is 3.84. The average Bonchev–Trinajstić information content (AvgIpc) is 2.71. The van der Waals surface area contributed by atoms with Crippen molar-refractivity contribution in [2.45, 2.75) is 18.7 Å². The van der Waals surface area contributed by atoms with E-state index >= 15 is 0 Å². The van der Waals surface area contributed by atoms with E-state index in [1.165, 1.54) is 5.56 Å². The first-order chi connectivity index (χ1) is 7.59. The summed E-state index contributed by atoms with van der Waals surface area (Å²) in [5.74, 6) is 0. The van der Waals surface area contributed by atoms with Crippen LogP contribution in [0.3, 0.4) is 0 Å². The van der Waals surface area contributed by atoms with Crippen LogP contribution in [0.5, 0.6) is 0 Å². The van der Waals surface area contributed by atoms with Gasteiger partial charge in [-0.05, 0) is 41.4 Å².